The van der Waals surface area contributed by atoms with Crippen molar-refractivity contribution in [2.24, 2.45) is 0 Å². The number of aryl methyl sites for hydroxylation is 1. The molecule has 0 aliphatic heterocycles. The van der Waals surface area contributed by atoms with Crippen LogP contribution in [0.2, 0.25) is 0 Å². The topological polar surface area (TPSA) is 49.3 Å². The maximum absolute atomic E-state index is 14.0. The summed E-state index contributed by atoms with van der Waals surface area (Å²) >= 11 is 0. The number of carbonyl (C=O) groups excluding carboxylic acids is 1. The number of nitrogens with one attached hydrogen (secondary N) is 1. The number of para-hydroxylation sites is 1. The molecule has 1 amide bonds. The summed E-state index contributed by atoms with van der Waals surface area (Å²) < 4.78 is 52.8. The molecule has 0 bridgehead atoms. The van der Waals surface area contributed by atoms with Gasteiger partial charge < -0.3 is 10.4 Å². The number of phenols is 1. The van der Waals surface area contributed by atoms with Crippen molar-refractivity contribution in [3.63, 3.8) is 0 Å². The maximum atomic E-state index is 14.0. The molecule has 0 spiro atoms. The maximum Gasteiger partial charge on any atom is 0.416 e. The number of hydrogen-bond donors (Lipinski definition) is 2. The molecule has 3 aromatic rings. The number of carbonyl (C=O) groups is 1. The third-order valence-corrected chi connectivity index (χ3v) is 5.30. The van der Waals surface area contributed by atoms with Crippen molar-refractivity contribution in [3.8, 4) is 5.75 Å². The highest BCUT2D eigenvalue weighted by Gasteiger charge is 2.31. The normalized spacial score (nSPS) is 12.4. The fourth-order valence-electron chi connectivity index (χ4n) is 3.57. The number of halogens is 4. The van der Waals surface area contributed by atoms with Gasteiger partial charge in [-0.1, -0.05) is 42.5 Å². The molecule has 0 fully saturated rings. The van der Waals surface area contributed by atoms with Crippen molar-refractivity contribution < 1.29 is 27.5 Å². The predicted octanol–water partition coefficient (Wildman–Crippen LogP) is 6.09. The zero-order chi connectivity index (χ0) is 23.1. The minimum absolute atomic E-state index is 0.0184. The van der Waals surface area contributed by atoms with E-state index in [1.807, 2.05) is 30.3 Å². The molecule has 3 nitrogen and oxygen atoms in total. The molecule has 0 aliphatic carbocycles. The minimum Gasteiger partial charge on any atom is -0.507 e. The van der Waals surface area contributed by atoms with E-state index in [2.05, 4.69) is 5.32 Å². The molecule has 1 atom stereocenters. The summed E-state index contributed by atoms with van der Waals surface area (Å²) in [6.07, 6.45) is -3.42. The first-order valence-electron chi connectivity index (χ1n) is 10.2. The van der Waals surface area contributed by atoms with Gasteiger partial charge in [-0.25, -0.2) is 4.39 Å². The van der Waals surface area contributed by atoms with Crippen molar-refractivity contribution in [3.05, 3.63) is 101 Å². The summed E-state index contributed by atoms with van der Waals surface area (Å²) in [7, 11) is 0. The summed E-state index contributed by atoms with van der Waals surface area (Å²) in [6, 6.07) is 18.0. The lowest BCUT2D eigenvalue weighted by atomic mass is 9.92. The molecular formula is C25H23F4NO2. The third-order valence-electron chi connectivity index (χ3n) is 5.30. The molecule has 3 rings (SSSR count). The van der Waals surface area contributed by atoms with Gasteiger partial charge in [-0.15, -0.1) is 0 Å². The molecule has 32 heavy (non-hydrogen) atoms. The summed E-state index contributed by atoms with van der Waals surface area (Å²) in [5.74, 6) is -1.34. The standard InChI is InChI=1S/C25H23F4NO2/c26-22-14-13-20(25(27,28)29)15-18(22)9-6-10-19(17-7-2-1-3-8-17)16-30-24(32)21-11-4-5-12-23(21)31/h1-5,7-8,11-15,19,31H,6,9-10,16H2,(H,30,32). The van der Waals surface area contributed by atoms with Crippen molar-refractivity contribution >= 4 is 5.91 Å². The Morgan fingerprint density at radius 3 is 2.34 bits per heavy atom. The molecule has 3 aromatic carbocycles. The van der Waals surface area contributed by atoms with Gasteiger partial charge in [0.05, 0.1) is 11.1 Å². The first-order valence-corrected chi connectivity index (χ1v) is 10.2. The Hall–Kier alpha value is -3.35. The van der Waals surface area contributed by atoms with Crippen molar-refractivity contribution in [1.29, 1.82) is 0 Å². The lowest BCUT2D eigenvalue weighted by molar-refractivity contribution is -0.137. The first kappa shape index (κ1) is 23.3. The third kappa shape index (κ3) is 6.09. The minimum atomic E-state index is -4.53. The molecular weight excluding hydrogens is 422 g/mol. The van der Waals surface area contributed by atoms with E-state index in [9.17, 15) is 27.5 Å². The molecule has 0 aliphatic rings. The largest absolute Gasteiger partial charge is 0.507 e. The van der Waals surface area contributed by atoms with Crippen LogP contribution in [0.15, 0.2) is 72.8 Å². The van der Waals surface area contributed by atoms with E-state index >= 15 is 0 Å². The number of amides is 1. The molecule has 7 heteroatoms. The second-order valence-electron chi connectivity index (χ2n) is 7.53. The lowest BCUT2D eigenvalue weighted by Gasteiger charge is -2.19. The van der Waals surface area contributed by atoms with E-state index in [0.29, 0.717) is 12.8 Å². The Labute approximate surface area is 183 Å². The van der Waals surface area contributed by atoms with Gasteiger partial charge in [0, 0.05) is 12.5 Å². The quantitative estimate of drug-likeness (QED) is 0.413. The fraction of sp³-hybridized carbons (Fsp3) is 0.240. The van der Waals surface area contributed by atoms with Gasteiger partial charge in [-0.2, -0.15) is 13.2 Å². The number of alkyl halides is 3. The van der Waals surface area contributed by atoms with E-state index in [0.717, 1.165) is 23.8 Å². The Morgan fingerprint density at radius 1 is 0.969 bits per heavy atom. The highest BCUT2D eigenvalue weighted by atomic mass is 19.4. The second-order valence-corrected chi connectivity index (χ2v) is 7.53. The van der Waals surface area contributed by atoms with Crippen LogP contribution in [0.5, 0.6) is 5.75 Å². The highest BCUT2D eigenvalue weighted by Crippen LogP contribution is 2.31. The summed E-state index contributed by atoms with van der Waals surface area (Å²) in [5.41, 5.74) is 0.258. The first-order chi connectivity index (χ1) is 15.3. The summed E-state index contributed by atoms with van der Waals surface area (Å²) in [6.45, 7) is 0.266. The van der Waals surface area contributed by atoms with Crippen molar-refractivity contribution in [2.75, 3.05) is 6.54 Å². The molecule has 0 aromatic heterocycles. The van der Waals surface area contributed by atoms with Crippen LogP contribution in [0.25, 0.3) is 0 Å². The van der Waals surface area contributed by atoms with E-state index < -0.39 is 23.5 Å². The average molecular weight is 445 g/mol. The van der Waals surface area contributed by atoms with Crippen molar-refractivity contribution in [1.82, 2.24) is 5.32 Å². The van der Waals surface area contributed by atoms with E-state index in [1.165, 1.54) is 12.1 Å². The summed E-state index contributed by atoms with van der Waals surface area (Å²) in [4.78, 5) is 12.4. The van der Waals surface area contributed by atoms with E-state index in [-0.39, 0.29) is 35.8 Å². The second kappa shape index (κ2) is 10.3. The lowest BCUT2D eigenvalue weighted by Crippen LogP contribution is -2.28. The monoisotopic (exact) mass is 445 g/mol. The van der Waals surface area contributed by atoms with E-state index in [4.69, 9.17) is 0 Å². The average Bonchev–Trinajstić information content (AvgIpc) is 2.77. The molecule has 0 radical (unpaired) electrons. The van der Waals surface area contributed by atoms with Gasteiger partial charge in [0.1, 0.15) is 11.6 Å². The van der Waals surface area contributed by atoms with Crippen LogP contribution in [0, 0.1) is 5.82 Å². The number of hydrogen-bond acceptors (Lipinski definition) is 2. The molecule has 1 unspecified atom stereocenters. The molecule has 2 N–H and O–H groups in total. The van der Waals surface area contributed by atoms with Gasteiger partial charge in [0.2, 0.25) is 0 Å². The Morgan fingerprint density at radius 2 is 1.66 bits per heavy atom. The number of rotatable bonds is 8. The number of benzene rings is 3. The van der Waals surface area contributed by atoms with Gasteiger partial charge in [0.15, 0.2) is 0 Å². The van der Waals surface area contributed by atoms with Gasteiger partial charge in [0.25, 0.3) is 5.91 Å². The van der Waals surface area contributed by atoms with Crippen LogP contribution in [0.1, 0.15) is 45.8 Å². The predicted molar refractivity (Wildman–Crippen MR) is 114 cm³/mol. The zero-order valence-corrected chi connectivity index (χ0v) is 17.2. The summed E-state index contributed by atoms with van der Waals surface area (Å²) in [5, 5.41) is 12.7. The zero-order valence-electron chi connectivity index (χ0n) is 17.2. The van der Waals surface area contributed by atoms with Crippen LogP contribution in [-0.4, -0.2) is 17.6 Å². The number of phenolic OH excluding ortho intramolecular Hbond substituents is 1. The Bertz CT molecular complexity index is 1050. The van der Waals surface area contributed by atoms with Crippen LogP contribution < -0.4 is 5.32 Å². The van der Waals surface area contributed by atoms with Gasteiger partial charge in [-0.05, 0) is 60.7 Å². The Balaban J connectivity index is 1.67. The van der Waals surface area contributed by atoms with Gasteiger partial charge in [-0.3, -0.25) is 4.79 Å². The highest BCUT2D eigenvalue weighted by molar-refractivity contribution is 5.96. The van der Waals surface area contributed by atoms with Crippen LogP contribution in [-0.2, 0) is 12.6 Å². The Kier molecular flexibility index (Phi) is 7.51. The van der Waals surface area contributed by atoms with E-state index in [1.54, 1.807) is 12.1 Å². The molecule has 0 saturated heterocycles. The van der Waals surface area contributed by atoms with Crippen LogP contribution in [0.4, 0.5) is 17.6 Å². The van der Waals surface area contributed by atoms with Crippen molar-refractivity contribution in [2.45, 2.75) is 31.4 Å². The smallest absolute Gasteiger partial charge is 0.416 e. The van der Waals surface area contributed by atoms with Gasteiger partial charge >= 0.3 is 6.18 Å². The molecule has 0 heterocycles. The van der Waals surface area contributed by atoms with Crippen LogP contribution in [0.3, 0.4) is 0 Å². The molecule has 168 valence electrons. The molecule has 0 saturated carbocycles. The van der Waals surface area contributed by atoms with Crippen LogP contribution >= 0.6 is 0 Å². The number of aromatic hydroxyl groups is 1. The fourth-order valence-corrected chi connectivity index (χ4v) is 3.57. The SMILES string of the molecule is O=C(NCC(CCCc1cc(C(F)(F)F)ccc1F)c1ccccc1)c1ccccc1O.